The highest BCUT2D eigenvalue weighted by Gasteiger charge is 2.15. The molecule has 1 amide bonds. The minimum absolute atomic E-state index is 0.126. The number of hydrogen-bond donors (Lipinski definition) is 2. The number of nitrogens with one attached hydrogen (secondary N) is 1. The number of aromatic nitrogens is 1. The van der Waals surface area contributed by atoms with Crippen LogP contribution in [0.5, 0.6) is 0 Å². The molecule has 1 rings (SSSR count). The molecule has 0 saturated carbocycles. The summed E-state index contributed by atoms with van der Waals surface area (Å²) in [6.45, 7) is 7.68. The van der Waals surface area contributed by atoms with Crippen molar-refractivity contribution in [2.45, 2.75) is 40.2 Å². The zero-order valence-corrected chi connectivity index (χ0v) is 10.8. The Morgan fingerprint density at radius 3 is 2.59 bits per heavy atom. The molecule has 1 heterocycles. The SMILES string of the molecule is Cc1noc(C)c1CC(=O)NCC(O)C(C)C. The van der Waals surface area contributed by atoms with E-state index < -0.39 is 6.10 Å². The van der Waals surface area contributed by atoms with Crippen LogP contribution in [0.15, 0.2) is 4.52 Å². The second-order valence-corrected chi connectivity index (χ2v) is 4.59. The van der Waals surface area contributed by atoms with Crippen LogP contribution in [0.2, 0.25) is 0 Å². The number of hydrogen-bond acceptors (Lipinski definition) is 4. The van der Waals surface area contributed by atoms with Crippen molar-refractivity contribution >= 4 is 5.91 Å². The Bertz CT molecular complexity index is 366. The van der Waals surface area contributed by atoms with E-state index in [1.807, 2.05) is 20.8 Å². The molecule has 0 fully saturated rings. The number of aliphatic hydroxyl groups excluding tert-OH is 1. The standard InChI is InChI=1S/C12H20N2O3/c1-7(2)11(15)6-13-12(16)5-10-8(3)14-17-9(10)4/h7,11,15H,5-6H2,1-4H3,(H,13,16). The number of rotatable bonds is 5. The van der Waals surface area contributed by atoms with E-state index in [2.05, 4.69) is 10.5 Å². The summed E-state index contributed by atoms with van der Waals surface area (Å²) in [5, 5.41) is 16.1. The third-order valence-corrected chi connectivity index (χ3v) is 2.80. The van der Waals surface area contributed by atoms with Gasteiger partial charge >= 0.3 is 0 Å². The number of nitrogens with zero attached hydrogens (tertiary/aromatic N) is 1. The molecule has 0 bridgehead atoms. The summed E-state index contributed by atoms with van der Waals surface area (Å²) in [6, 6.07) is 0. The van der Waals surface area contributed by atoms with Crippen LogP contribution in [-0.4, -0.2) is 28.8 Å². The van der Waals surface area contributed by atoms with Crippen molar-refractivity contribution in [3.63, 3.8) is 0 Å². The molecular formula is C12H20N2O3. The van der Waals surface area contributed by atoms with E-state index in [0.29, 0.717) is 5.76 Å². The summed E-state index contributed by atoms with van der Waals surface area (Å²) < 4.78 is 4.98. The molecule has 5 nitrogen and oxygen atoms in total. The third kappa shape index (κ3) is 3.85. The van der Waals surface area contributed by atoms with Crippen molar-refractivity contribution in [1.82, 2.24) is 10.5 Å². The smallest absolute Gasteiger partial charge is 0.224 e. The molecule has 1 atom stereocenters. The van der Waals surface area contributed by atoms with Gasteiger partial charge in [0, 0.05) is 12.1 Å². The number of carbonyl (C=O) groups excluding carboxylic acids is 1. The normalized spacial score (nSPS) is 12.8. The lowest BCUT2D eigenvalue weighted by Gasteiger charge is -2.14. The van der Waals surface area contributed by atoms with Gasteiger partial charge in [-0.15, -0.1) is 0 Å². The maximum Gasteiger partial charge on any atom is 0.224 e. The Balaban J connectivity index is 2.45. The van der Waals surface area contributed by atoms with Crippen LogP contribution in [0, 0.1) is 19.8 Å². The number of carbonyl (C=O) groups is 1. The highest BCUT2D eigenvalue weighted by atomic mass is 16.5. The number of aryl methyl sites for hydroxylation is 2. The van der Waals surface area contributed by atoms with Gasteiger partial charge in [0.15, 0.2) is 0 Å². The van der Waals surface area contributed by atoms with E-state index in [-0.39, 0.29) is 24.8 Å². The molecule has 2 N–H and O–H groups in total. The van der Waals surface area contributed by atoms with Crippen molar-refractivity contribution in [2.24, 2.45) is 5.92 Å². The summed E-state index contributed by atoms with van der Waals surface area (Å²) in [5.41, 5.74) is 1.56. The lowest BCUT2D eigenvalue weighted by molar-refractivity contribution is -0.121. The Hall–Kier alpha value is -1.36. The lowest BCUT2D eigenvalue weighted by Crippen LogP contribution is -2.35. The van der Waals surface area contributed by atoms with Gasteiger partial charge in [-0.2, -0.15) is 0 Å². The molecule has 0 aliphatic heterocycles. The predicted molar refractivity (Wildman–Crippen MR) is 63.5 cm³/mol. The maximum absolute atomic E-state index is 11.7. The molecule has 0 spiro atoms. The van der Waals surface area contributed by atoms with Crippen LogP contribution in [0.4, 0.5) is 0 Å². The minimum Gasteiger partial charge on any atom is -0.391 e. The molecule has 0 radical (unpaired) electrons. The van der Waals surface area contributed by atoms with Crippen LogP contribution in [0.25, 0.3) is 0 Å². The van der Waals surface area contributed by atoms with Gasteiger partial charge in [0.1, 0.15) is 5.76 Å². The summed E-state index contributed by atoms with van der Waals surface area (Å²) in [5.74, 6) is 0.676. The zero-order chi connectivity index (χ0) is 13.0. The molecule has 0 aliphatic carbocycles. The Kier molecular flexibility index (Phi) is 4.69. The average molecular weight is 240 g/mol. The molecule has 0 saturated heterocycles. The van der Waals surface area contributed by atoms with E-state index in [1.54, 1.807) is 6.92 Å². The van der Waals surface area contributed by atoms with Crippen LogP contribution in [0.1, 0.15) is 30.9 Å². The van der Waals surface area contributed by atoms with Gasteiger partial charge in [-0.3, -0.25) is 4.79 Å². The van der Waals surface area contributed by atoms with Crippen LogP contribution in [-0.2, 0) is 11.2 Å². The van der Waals surface area contributed by atoms with Crippen molar-refractivity contribution in [3.05, 3.63) is 17.0 Å². The van der Waals surface area contributed by atoms with Gasteiger partial charge in [0.2, 0.25) is 5.91 Å². The monoisotopic (exact) mass is 240 g/mol. The van der Waals surface area contributed by atoms with Crippen molar-refractivity contribution in [1.29, 1.82) is 0 Å². The van der Waals surface area contributed by atoms with Gasteiger partial charge in [0.25, 0.3) is 0 Å². The van der Waals surface area contributed by atoms with E-state index in [9.17, 15) is 9.90 Å². The number of aliphatic hydroxyl groups is 1. The van der Waals surface area contributed by atoms with Crippen molar-refractivity contribution in [3.8, 4) is 0 Å². The summed E-state index contributed by atoms with van der Waals surface area (Å²) >= 11 is 0. The van der Waals surface area contributed by atoms with Crippen LogP contribution in [0.3, 0.4) is 0 Å². The molecular weight excluding hydrogens is 220 g/mol. The topological polar surface area (TPSA) is 75.4 Å². The first-order valence-electron chi connectivity index (χ1n) is 5.78. The number of amides is 1. The minimum atomic E-state index is -0.511. The van der Waals surface area contributed by atoms with E-state index in [1.165, 1.54) is 0 Å². The van der Waals surface area contributed by atoms with Gasteiger partial charge in [-0.25, -0.2) is 0 Å². The van der Waals surface area contributed by atoms with Crippen LogP contribution < -0.4 is 5.32 Å². The molecule has 1 unspecified atom stereocenters. The average Bonchev–Trinajstić information content (AvgIpc) is 2.57. The second-order valence-electron chi connectivity index (χ2n) is 4.59. The molecule has 17 heavy (non-hydrogen) atoms. The predicted octanol–water partition coefficient (Wildman–Crippen LogP) is 0.967. The lowest BCUT2D eigenvalue weighted by atomic mass is 10.1. The Labute approximate surface area is 101 Å². The third-order valence-electron chi connectivity index (χ3n) is 2.80. The fourth-order valence-corrected chi connectivity index (χ4v) is 1.43. The fraction of sp³-hybridized carbons (Fsp3) is 0.667. The molecule has 0 aliphatic rings. The quantitative estimate of drug-likeness (QED) is 0.804. The largest absolute Gasteiger partial charge is 0.391 e. The van der Waals surface area contributed by atoms with E-state index >= 15 is 0 Å². The molecule has 0 aromatic carbocycles. The first kappa shape index (κ1) is 13.7. The Morgan fingerprint density at radius 2 is 2.12 bits per heavy atom. The van der Waals surface area contributed by atoms with E-state index in [0.717, 1.165) is 11.3 Å². The van der Waals surface area contributed by atoms with E-state index in [4.69, 9.17) is 4.52 Å². The zero-order valence-electron chi connectivity index (χ0n) is 10.8. The summed E-state index contributed by atoms with van der Waals surface area (Å²) in [7, 11) is 0. The fourth-order valence-electron chi connectivity index (χ4n) is 1.43. The first-order chi connectivity index (χ1) is 7.91. The van der Waals surface area contributed by atoms with Gasteiger partial charge < -0.3 is 14.9 Å². The summed E-state index contributed by atoms with van der Waals surface area (Å²) in [6.07, 6.45) is -0.268. The highest BCUT2D eigenvalue weighted by molar-refractivity contribution is 5.79. The second kappa shape index (κ2) is 5.82. The first-order valence-corrected chi connectivity index (χ1v) is 5.78. The van der Waals surface area contributed by atoms with Gasteiger partial charge in [-0.05, 0) is 19.8 Å². The Morgan fingerprint density at radius 1 is 1.47 bits per heavy atom. The van der Waals surface area contributed by atoms with Crippen LogP contribution >= 0.6 is 0 Å². The molecule has 1 aromatic rings. The van der Waals surface area contributed by atoms with Crippen molar-refractivity contribution in [2.75, 3.05) is 6.54 Å². The maximum atomic E-state index is 11.7. The molecule has 1 aromatic heterocycles. The highest BCUT2D eigenvalue weighted by Crippen LogP contribution is 2.12. The summed E-state index contributed by atoms with van der Waals surface area (Å²) in [4.78, 5) is 11.7. The van der Waals surface area contributed by atoms with Gasteiger partial charge in [-0.1, -0.05) is 19.0 Å². The van der Waals surface area contributed by atoms with Crippen molar-refractivity contribution < 1.29 is 14.4 Å². The molecule has 96 valence electrons. The molecule has 5 heteroatoms. The van der Waals surface area contributed by atoms with Gasteiger partial charge in [0.05, 0.1) is 18.2 Å².